The van der Waals surface area contributed by atoms with Gasteiger partial charge >= 0.3 is 177 Å². The van der Waals surface area contributed by atoms with Gasteiger partial charge in [0.25, 0.3) is 0 Å². The zero-order valence-electron chi connectivity index (χ0n) is 29.1. The van der Waals surface area contributed by atoms with E-state index in [4.69, 9.17) is 0 Å². The Hall–Kier alpha value is 0.524. The van der Waals surface area contributed by atoms with E-state index in [1.54, 1.807) is 0 Å². The van der Waals surface area contributed by atoms with Crippen LogP contribution < -0.4 is 44.8 Å². The third-order valence-corrected chi connectivity index (χ3v) is 9.68. The summed E-state index contributed by atoms with van der Waals surface area (Å²) in [5.74, 6) is 0.235. The van der Waals surface area contributed by atoms with Gasteiger partial charge in [0.1, 0.15) is 0 Å². The fourth-order valence-corrected chi connectivity index (χ4v) is 6.53. The summed E-state index contributed by atoms with van der Waals surface area (Å²) in [5.41, 5.74) is 0. The number of amides is 2. The van der Waals surface area contributed by atoms with Crippen LogP contribution in [0.25, 0.3) is 0 Å². The Morgan fingerprint density at radius 1 is 0.341 bits per heavy atom. The molecule has 0 rings (SSSR count). The molecule has 4 nitrogen and oxygen atoms in total. The Bertz CT molecular complexity index is 513. The molecule has 2 N–H and O–H groups in total. The van der Waals surface area contributed by atoms with Gasteiger partial charge in [0.2, 0.25) is 0 Å². The van der Waals surface area contributed by atoms with Crippen LogP contribution in [0.2, 0.25) is 0 Å². The van der Waals surface area contributed by atoms with Crippen molar-refractivity contribution in [1.29, 1.82) is 0 Å². The van der Waals surface area contributed by atoms with Crippen LogP contribution >= 0.6 is 0 Å². The molecule has 0 aromatic rings. The maximum atomic E-state index is 12.0. The molecule has 0 aromatic carbocycles. The molecule has 263 valence electrons. The Kier molecular flexibility index (Phi) is 53.3. The van der Waals surface area contributed by atoms with Crippen molar-refractivity contribution in [2.24, 2.45) is 0 Å². The first kappa shape index (κ1) is 51.4. The molecule has 0 spiro atoms. The van der Waals surface area contributed by atoms with E-state index in [0.717, 1.165) is 25.7 Å². The predicted molar refractivity (Wildman–Crippen MR) is 175 cm³/mol. The van der Waals surface area contributed by atoms with Crippen molar-refractivity contribution in [2.75, 3.05) is 0 Å². The molecule has 0 unspecified atom stereocenters. The van der Waals surface area contributed by atoms with Gasteiger partial charge < -0.3 is 37.2 Å². The van der Waals surface area contributed by atoms with Gasteiger partial charge in [-0.3, -0.25) is 0 Å². The van der Waals surface area contributed by atoms with E-state index in [9.17, 15) is 9.59 Å². The molecule has 0 aliphatic rings. The smallest absolute Gasteiger partial charge is 1.00 e. The van der Waals surface area contributed by atoms with Crippen LogP contribution in [0.5, 0.6) is 0 Å². The molecule has 0 heterocycles. The number of halogens is 3. The van der Waals surface area contributed by atoms with Crippen LogP contribution in [0.3, 0.4) is 0 Å². The van der Waals surface area contributed by atoms with Crippen LogP contribution in [-0.2, 0) is 29.3 Å². The molecule has 0 aliphatic heterocycles. The zero-order chi connectivity index (χ0) is 29.9. The van der Waals surface area contributed by atoms with E-state index < -0.39 is 19.7 Å². The molecule has 8 heteroatoms. The zero-order valence-corrected chi connectivity index (χ0v) is 32.9. The average Bonchev–Trinajstić information content (AvgIpc) is 2.97. The van der Waals surface area contributed by atoms with Gasteiger partial charge in [-0.2, -0.15) is 0 Å². The number of hydrogen-bond donors (Lipinski definition) is 2. The van der Waals surface area contributed by atoms with Crippen LogP contribution in [0.1, 0.15) is 219 Å². The van der Waals surface area contributed by atoms with Gasteiger partial charge in [0.05, 0.1) is 0 Å². The van der Waals surface area contributed by atoms with Crippen LogP contribution in [0.15, 0.2) is 0 Å². The number of carbonyl (C=O) groups excluding carboxylic acids is 2. The van der Waals surface area contributed by atoms with Gasteiger partial charge in [0, 0.05) is 0 Å². The summed E-state index contributed by atoms with van der Waals surface area (Å²) < 4.78 is 5.94. The van der Waals surface area contributed by atoms with Crippen molar-refractivity contribution in [3.8, 4) is 0 Å². The minimum absolute atomic E-state index is 0. The minimum Gasteiger partial charge on any atom is -1.00 e. The first-order chi connectivity index (χ1) is 20.2. The summed E-state index contributed by atoms with van der Waals surface area (Å²) in [5, 5.41) is 0. The quantitative estimate of drug-likeness (QED) is 0.0795. The summed E-state index contributed by atoms with van der Waals surface area (Å²) in [6.07, 6.45) is 41.4. The van der Waals surface area contributed by atoms with Crippen molar-refractivity contribution >= 4 is 11.8 Å². The van der Waals surface area contributed by atoms with Crippen LogP contribution in [-0.4, -0.2) is 11.8 Å². The minimum atomic E-state index is -0.886. The Balaban J connectivity index is -0.00000267. The third-order valence-electron chi connectivity index (χ3n) is 8.42. The Morgan fingerprint density at radius 3 is 0.727 bits per heavy atom. The fraction of sp³-hybridized carbons (Fsp3) is 0.944. The number of rotatable bonds is 34. The van der Waals surface area contributed by atoms with Gasteiger partial charge in [-0.25, -0.2) is 0 Å². The van der Waals surface area contributed by atoms with Crippen molar-refractivity contribution in [3.05, 3.63) is 0 Å². The monoisotopic (exact) mass is 717 g/mol. The standard InChI is InChI=1S/2C18H37NO.3ClH.Ti/c2*1-2-3-4-5-6-7-8-9-10-11-12-13-14-15-16-17-18(19)20;;;;/h2*2-17H2,1H3,(H2,19,20);3*1H;/q;;;;;+5/p-5. The van der Waals surface area contributed by atoms with Crippen molar-refractivity contribution in [2.45, 2.75) is 219 Å². The molecular weight excluding hydrogens is 647 g/mol. The third kappa shape index (κ3) is 44.6. The van der Waals surface area contributed by atoms with E-state index in [1.165, 1.54) is 167 Å². The van der Waals surface area contributed by atoms with Crippen LogP contribution in [0.4, 0.5) is 0 Å². The first-order valence-electron chi connectivity index (χ1n) is 18.5. The average molecular weight is 719 g/mol. The van der Waals surface area contributed by atoms with E-state index in [-0.39, 0.29) is 49.0 Å². The predicted octanol–water partition coefficient (Wildman–Crippen LogP) is 2.67. The molecule has 0 aromatic heterocycles. The molecule has 0 fully saturated rings. The second kappa shape index (κ2) is 45.6. The van der Waals surface area contributed by atoms with E-state index in [2.05, 4.69) is 21.4 Å². The summed E-state index contributed by atoms with van der Waals surface area (Å²) in [6.45, 7) is 4.56. The van der Waals surface area contributed by atoms with E-state index in [0.29, 0.717) is 12.8 Å². The van der Waals surface area contributed by atoms with Gasteiger partial charge in [0.15, 0.2) is 0 Å². The van der Waals surface area contributed by atoms with Crippen molar-refractivity contribution in [1.82, 2.24) is 7.60 Å². The number of hydrogen-bond acceptors (Lipinski definition) is 2. The second-order valence-corrected chi connectivity index (χ2v) is 13.8. The molecule has 0 bridgehead atoms. The first-order valence-corrected chi connectivity index (χ1v) is 20.1. The van der Waals surface area contributed by atoms with Gasteiger partial charge in [-0.1, -0.05) is 90.9 Å². The Labute approximate surface area is 303 Å². The molecule has 0 radical (unpaired) electrons. The van der Waals surface area contributed by atoms with Gasteiger partial charge in [-0.05, 0) is 0 Å². The molecule has 0 aliphatic carbocycles. The van der Waals surface area contributed by atoms with Crippen LogP contribution in [0, 0.1) is 0 Å². The molecule has 0 atom stereocenters. The molecular formula is C36H72Cl3N2O2Ti. The summed E-state index contributed by atoms with van der Waals surface area (Å²) in [6, 6.07) is 0. The number of unbranched alkanes of at least 4 members (excludes halogenated alkanes) is 28. The van der Waals surface area contributed by atoms with E-state index in [1.807, 2.05) is 0 Å². The van der Waals surface area contributed by atoms with E-state index >= 15 is 0 Å². The fourth-order valence-electron chi connectivity index (χ4n) is 5.61. The summed E-state index contributed by atoms with van der Waals surface area (Å²) >= 11 is -0.886. The SMILES string of the molecule is CCCCCCCCCCCCCCCCCC(=O)[NH][Ti+3][NH]C(=O)CCCCCCCCCCCCCCCCC.[Cl-].[Cl-].[Cl-]. The molecule has 0 saturated carbocycles. The summed E-state index contributed by atoms with van der Waals surface area (Å²) in [4.78, 5) is 24.1. The topological polar surface area (TPSA) is 58.2 Å². The molecule has 0 saturated heterocycles. The number of carbonyl (C=O) groups is 2. The summed E-state index contributed by atoms with van der Waals surface area (Å²) in [7, 11) is 0. The maximum absolute atomic E-state index is 12.0. The molecule has 2 amide bonds. The Morgan fingerprint density at radius 2 is 0.523 bits per heavy atom. The molecule has 44 heavy (non-hydrogen) atoms. The van der Waals surface area contributed by atoms with Crippen molar-refractivity contribution in [3.63, 3.8) is 0 Å². The second-order valence-electron chi connectivity index (χ2n) is 12.6. The van der Waals surface area contributed by atoms with Gasteiger partial charge in [-0.15, -0.1) is 0 Å². The number of nitrogens with one attached hydrogen (secondary N) is 2. The van der Waals surface area contributed by atoms with Crippen molar-refractivity contribution < 1.29 is 66.5 Å². The normalized spacial score (nSPS) is 10.2.